The van der Waals surface area contributed by atoms with E-state index in [9.17, 15) is 0 Å². The fraction of sp³-hybridized carbons (Fsp3) is 0.545. The maximum atomic E-state index is 6.45. The summed E-state index contributed by atoms with van der Waals surface area (Å²) in [7, 11) is 0. The molecule has 0 radical (unpaired) electrons. The quantitative estimate of drug-likeness (QED) is 0.808. The van der Waals surface area contributed by atoms with E-state index in [2.05, 4.69) is 39.6 Å². The van der Waals surface area contributed by atoms with Gasteiger partial charge in [0.15, 0.2) is 5.75 Å². The molecular weight excluding hydrogens is 366 g/mol. The predicted molar refractivity (Wildman–Crippen MR) is 113 cm³/mol. The number of hydrogen-bond donors (Lipinski definition) is 2. The molecule has 2 N–H and O–H groups in total. The molecule has 2 saturated heterocycles. The first-order valence-electron chi connectivity index (χ1n) is 10.7. The number of morpholine rings is 1. The second-order valence-electron chi connectivity index (χ2n) is 8.11. The van der Waals surface area contributed by atoms with Gasteiger partial charge in [0.1, 0.15) is 11.9 Å². The van der Waals surface area contributed by atoms with Crippen molar-refractivity contribution < 1.29 is 9.47 Å². The number of aryl methyl sites for hydroxylation is 1. The van der Waals surface area contributed by atoms with Crippen molar-refractivity contribution in [3.8, 4) is 5.75 Å². The van der Waals surface area contributed by atoms with E-state index in [1.54, 1.807) is 0 Å². The predicted octanol–water partition coefficient (Wildman–Crippen LogP) is 3.29. The van der Waals surface area contributed by atoms with Crippen LogP contribution in [-0.2, 0) is 4.74 Å². The van der Waals surface area contributed by atoms with E-state index in [1.807, 2.05) is 13.1 Å². The van der Waals surface area contributed by atoms with Gasteiger partial charge in [0.2, 0.25) is 0 Å². The molecule has 29 heavy (non-hydrogen) atoms. The van der Waals surface area contributed by atoms with Gasteiger partial charge in [-0.25, -0.2) is 4.98 Å². The van der Waals surface area contributed by atoms with E-state index >= 15 is 0 Å². The molecule has 0 saturated carbocycles. The van der Waals surface area contributed by atoms with Crippen LogP contribution in [0.2, 0.25) is 0 Å². The number of nitrogens with one attached hydrogen (secondary N) is 2. The van der Waals surface area contributed by atoms with Crippen molar-refractivity contribution >= 4 is 17.2 Å². The molecule has 0 unspecified atom stereocenters. The third-order valence-corrected chi connectivity index (χ3v) is 6.19. The Hall–Kier alpha value is -2.38. The lowest BCUT2D eigenvalue weighted by molar-refractivity contribution is 0.122. The third-order valence-electron chi connectivity index (χ3n) is 6.19. The zero-order valence-corrected chi connectivity index (χ0v) is 17.2. The first-order valence-corrected chi connectivity index (χ1v) is 10.7. The Kier molecular flexibility index (Phi) is 5.01. The van der Waals surface area contributed by atoms with Crippen molar-refractivity contribution in [3.63, 3.8) is 0 Å². The molecular formula is C22H29N5O2. The SMILES string of the molecule is Cc1nc(C2CCNCC2)cc2c1O[C@@H](C)c1c(N3CCOCC3)ccnc1N2. The Morgan fingerprint density at radius 2 is 1.97 bits per heavy atom. The normalized spacial score (nSPS) is 22.1. The first kappa shape index (κ1) is 18.6. The van der Waals surface area contributed by atoms with Crippen molar-refractivity contribution in [3.05, 3.63) is 35.3 Å². The Labute approximate surface area is 171 Å². The first-order chi connectivity index (χ1) is 14.2. The Balaban J connectivity index is 1.53. The summed E-state index contributed by atoms with van der Waals surface area (Å²) in [5, 5.41) is 7.02. The number of nitrogens with zero attached hydrogens (tertiary/aromatic N) is 3. The number of piperidine rings is 1. The monoisotopic (exact) mass is 395 g/mol. The number of rotatable bonds is 2. The minimum absolute atomic E-state index is 0.115. The van der Waals surface area contributed by atoms with E-state index in [1.165, 1.54) is 5.69 Å². The van der Waals surface area contributed by atoms with Gasteiger partial charge in [-0.05, 0) is 51.9 Å². The summed E-state index contributed by atoms with van der Waals surface area (Å²) in [5.41, 5.74) is 5.35. The van der Waals surface area contributed by atoms with Crippen molar-refractivity contribution in [2.45, 2.75) is 38.7 Å². The molecule has 3 aliphatic heterocycles. The molecule has 0 amide bonds. The van der Waals surface area contributed by atoms with Gasteiger partial charge in [-0.2, -0.15) is 0 Å². The van der Waals surface area contributed by atoms with Crippen molar-refractivity contribution in [1.29, 1.82) is 0 Å². The Morgan fingerprint density at radius 1 is 1.17 bits per heavy atom. The van der Waals surface area contributed by atoms with Crippen LogP contribution in [0.15, 0.2) is 18.3 Å². The molecule has 5 heterocycles. The summed E-state index contributed by atoms with van der Waals surface area (Å²) >= 11 is 0. The topological polar surface area (TPSA) is 71.5 Å². The fourth-order valence-corrected chi connectivity index (χ4v) is 4.66. The summed E-state index contributed by atoms with van der Waals surface area (Å²) in [5.74, 6) is 2.21. The Morgan fingerprint density at radius 3 is 2.76 bits per heavy atom. The van der Waals surface area contributed by atoms with Gasteiger partial charge in [-0.3, -0.25) is 4.98 Å². The molecule has 154 valence electrons. The minimum atomic E-state index is -0.115. The summed E-state index contributed by atoms with van der Waals surface area (Å²) in [6, 6.07) is 4.26. The highest BCUT2D eigenvalue weighted by Crippen LogP contribution is 2.44. The fourth-order valence-electron chi connectivity index (χ4n) is 4.66. The van der Waals surface area contributed by atoms with E-state index in [4.69, 9.17) is 14.5 Å². The lowest BCUT2D eigenvalue weighted by Gasteiger charge is -2.31. The molecule has 5 rings (SSSR count). The highest BCUT2D eigenvalue weighted by Gasteiger charge is 2.29. The number of pyridine rings is 2. The third kappa shape index (κ3) is 3.53. The Bertz CT molecular complexity index is 891. The van der Waals surface area contributed by atoms with Crippen molar-refractivity contribution in [2.24, 2.45) is 0 Å². The van der Waals surface area contributed by atoms with Gasteiger partial charge < -0.3 is 25.0 Å². The van der Waals surface area contributed by atoms with Crippen LogP contribution >= 0.6 is 0 Å². The van der Waals surface area contributed by atoms with Gasteiger partial charge in [-0.15, -0.1) is 0 Å². The largest absolute Gasteiger partial charge is 0.482 e. The number of hydrogen-bond acceptors (Lipinski definition) is 7. The molecule has 3 aliphatic rings. The van der Waals surface area contributed by atoms with Crippen LogP contribution in [-0.4, -0.2) is 49.4 Å². The van der Waals surface area contributed by atoms with Gasteiger partial charge in [0.25, 0.3) is 0 Å². The second-order valence-corrected chi connectivity index (χ2v) is 8.11. The summed E-state index contributed by atoms with van der Waals surface area (Å²) in [6.45, 7) is 9.53. The maximum Gasteiger partial charge on any atom is 0.164 e. The van der Waals surface area contributed by atoms with E-state index in [0.717, 1.165) is 86.4 Å². The molecule has 0 spiro atoms. The number of fused-ring (bicyclic) bond motifs is 2. The van der Waals surface area contributed by atoms with Crippen molar-refractivity contribution in [1.82, 2.24) is 15.3 Å². The molecule has 2 aromatic heterocycles. The molecule has 0 aliphatic carbocycles. The van der Waals surface area contributed by atoms with Gasteiger partial charge in [0, 0.05) is 36.6 Å². The average molecular weight is 396 g/mol. The number of ether oxygens (including phenoxy) is 2. The number of aromatic nitrogens is 2. The second kappa shape index (κ2) is 7.80. The summed E-state index contributed by atoms with van der Waals surface area (Å²) < 4.78 is 12.0. The molecule has 0 aromatic carbocycles. The highest BCUT2D eigenvalue weighted by atomic mass is 16.5. The molecule has 2 fully saturated rings. The van der Waals surface area contributed by atoms with Crippen LogP contribution in [0, 0.1) is 6.92 Å². The van der Waals surface area contributed by atoms with Crippen LogP contribution < -0.4 is 20.3 Å². The van der Waals surface area contributed by atoms with Crippen LogP contribution in [0.4, 0.5) is 17.2 Å². The molecule has 7 heteroatoms. The van der Waals surface area contributed by atoms with Crippen LogP contribution in [0.25, 0.3) is 0 Å². The molecule has 7 nitrogen and oxygen atoms in total. The zero-order valence-electron chi connectivity index (χ0n) is 17.2. The maximum absolute atomic E-state index is 6.45. The minimum Gasteiger partial charge on any atom is -0.482 e. The lowest BCUT2D eigenvalue weighted by Crippen LogP contribution is -2.37. The zero-order chi connectivity index (χ0) is 19.8. The van der Waals surface area contributed by atoms with Crippen LogP contribution in [0.5, 0.6) is 5.75 Å². The standard InChI is InChI=1S/C22H29N5O2/c1-14-21-18(13-17(25-14)16-3-6-23-7-4-16)26-22-20(15(2)29-21)19(5-8-24-22)27-9-11-28-12-10-27/h5,8,13,15-16,23H,3-4,6-7,9-12H2,1-2H3,(H,24,26)/t15-/m0/s1. The molecule has 2 aromatic rings. The molecule has 0 bridgehead atoms. The summed E-state index contributed by atoms with van der Waals surface area (Å²) in [4.78, 5) is 12.0. The van der Waals surface area contributed by atoms with E-state index < -0.39 is 0 Å². The van der Waals surface area contributed by atoms with Crippen molar-refractivity contribution in [2.75, 3.05) is 49.6 Å². The smallest absolute Gasteiger partial charge is 0.164 e. The highest BCUT2D eigenvalue weighted by molar-refractivity contribution is 5.74. The van der Waals surface area contributed by atoms with Gasteiger partial charge in [-0.1, -0.05) is 0 Å². The van der Waals surface area contributed by atoms with Crippen LogP contribution in [0.1, 0.15) is 48.7 Å². The van der Waals surface area contributed by atoms with Crippen LogP contribution in [0.3, 0.4) is 0 Å². The summed E-state index contributed by atoms with van der Waals surface area (Å²) in [6.07, 6.45) is 4.02. The number of anilines is 3. The van der Waals surface area contributed by atoms with Gasteiger partial charge in [0.05, 0.1) is 30.2 Å². The van der Waals surface area contributed by atoms with E-state index in [-0.39, 0.29) is 6.10 Å². The lowest BCUT2D eigenvalue weighted by atomic mass is 9.93. The van der Waals surface area contributed by atoms with E-state index in [0.29, 0.717) is 5.92 Å². The van der Waals surface area contributed by atoms with Gasteiger partial charge >= 0.3 is 0 Å². The molecule has 1 atom stereocenters. The average Bonchev–Trinajstić information content (AvgIpc) is 2.91.